The lowest BCUT2D eigenvalue weighted by Crippen LogP contribution is -2.11. The Hall–Kier alpha value is -3.77. The minimum atomic E-state index is -1.52. The summed E-state index contributed by atoms with van der Waals surface area (Å²) >= 11 is 6.00. The van der Waals surface area contributed by atoms with Gasteiger partial charge in [-0.25, -0.2) is 13.2 Å². The predicted octanol–water partition coefficient (Wildman–Crippen LogP) is 6.48. The summed E-state index contributed by atoms with van der Waals surface area (Å²) in [5.41, 5.74) is 9.18. The number of hydrogen-bond acceptors (Lipinski definition) is 1. The maximum absolute atomic E-state index is 13.9. The van der Waals surface area contributed by atoms with Crippen LogP contribution in [0.1, 0.15) is 15.9 Å². The van der Waals surface area contributed by atoms with E-state index in [0.29, 0.717) is 32.4 Å². The van der Waals surface area contributed by atoms with Crippen molar-refractivity contribution in [3.8, 4) is 11.1 Å². The molecule has 33 heavy (non-hydrogen) atoms. The highest BCUT2D eigenvalue weighted by Crippen LogP contribution is 2.35. The van der Waals surface area contributed by atoms with Gasteiger partial charge in [-0.05, 0) is 71.3 Å². The van der Waals surface area contributed by atoms with E-state index in [9.17, 15) is 18.0 Å². The van der Waals surface area contributed by atoms with Crippen LogP contribution in [0.25, 0.3) is 32.9 Å². The van der Waals surface area contributed by atoms with Gasteiger partial charge in [0.05, 0.1) is 11.0 Å². The highest BCUT2D eigenvalue weighted by atomic mass is 35.5. The number of aromatic nitrogens is 1. The molecule has 0 fully saturated rings. The van der Waals surface area contributed by atoms with Gasteiger partial charge in [-0.1, -0.05) is 29.8 Å². The lowest BCUT2D eigenvalue weighted by Gasteiger charge is -2.10. The smallest absolute Gasteiger partial charge is 0.249 e. The minimum Gasteiger partial charge on any atom is -0.366 e. The molecule has 0 saturated carbocycles. The first-order valence-electron chi connectivity index (χ1n) is 9.99. The summed E-state index contributed by atoms with van der Waals surface area (Å²) in [5.74, 6) is -4.65. The first kappa shape index (κ1) is 21.1. The number of carbonyl (C=O) groups is 1. The number of carbonyl (C=O) groups excluding carboxylic acids is 1. The number of hydrogen-bond donors (Lipinski definition) is 1. The molecule has 0 spiro atoms. The van der Waals surface area contributed by atoms with E-state index >= 15 is 0 Å². The molecular weight excluding hydrogens is 449 g/mol. The van der Waals surface area contributed by atoms with Crippen LogP contribution in [0.15, 0.2) is 66.7 Å². The summed E-state index contributed by atoms with van der Waals surface area (Å²) in [4.78, 5) is 12.1. The lowest BCUT2D eigenvalue weighted by atomic mass is 10.0. The third kappa shape index (κ3) is 3.62. The second-order valence-corrected chi connectivity index (χ2v) is 8.12. The topological polar surface area (TPSA) is 48.0 Å². The van der Waals surface area contributed by atoms with E-state index in [1.165, 1.54) is 0 Å². The van der Waals surface area contributed by atoms with E-state index in [-0.39, 0.29) is 12.1 Å². The molecule has 5 rings (SSSR count). The van der Waals surface area contributed by atoms with E-state index in [0.717, 1.165) is 23.3 Å². The molecule has 1 aromatic heterocycles. The molecule has 0 unspecified atom stereocenters. The highest BCUT2D eigenvalue weighted by molar-refractivity contribution is 6.30. The van der Waals surface area contributed by atoms with Crippen LogP contribution in [0, 0.1) is 23.5 Å². The van der Waals surface area contributed by atoms with Crippen molar-refractivity contribution in [1.82, 2.24) is 4.57 Å². The molecule has 1 heterocycles. The van der Waals surface area contributed by atoms with Gasteiger partial charge in [0.15, 0.2) is 17.5 Å². The number of nitrogens with two attached hydrogens (primary N) is 1. The number of benzene rings is 4. The number of fused-ring (bicyclic) bond motifs is 3. The SMILES string of the molecule is NC(=O)c1cccc2c1c1[c]cc(-c3ccc(Cl)cc3)cc1n2Cc1cc(F)c(F)c(F)c1. The number of rotatable bonds is 4. The van der Waals surface area contributed by atoms with Crippen molar-refractivity contribution >= 4 is 39.3 Å². The van der Waals surface area contributed by atoms with Crippen LogP contribution in [-0.2, 0) is 6.54 Å². The molecule has 3 nitrogen and oxygen atoms in total. The number of nitrogens with zero attached hydrogens (tertiary/aromatic N) is 1. The monoisotopic (exact) mass is 463 g/mol. The quantitative estimate of drug-likeness (QED) is 0.305. The van der Waals surface area contributed by atoms with E-state index in [4.69, 9.17) is 17.3 Å². The Balaban J connectivity index is 1.79. The van der Waals surface area contributed by atoms with Gasteiger partial charge in [0.1, 0.15) is 0 Å². The molecule has 0 bridgehead atoms. The fourth-order valence-electron chi connectivity index (χ4n) is 4.12. The van der Waals surface area contributed by atoms with E-state index in [1.54, 1.807) is 41.0 Å². The van der Waals surface area contributed by atoms with Crippen molar-refractivity contribution in [1.29, 1.82) is 0 Å². The Bertz CT molecular complexity index is 1540. The fraction of sp³-hybridized carbons (Fsp3) is 0.0385. The van der Waals surface area contributed by atoms with Gasteiger partial charge in [0.25, 0.3) is 0 Å². The Labute approximate surface area is 191 Å². The summed E-state index contributed by atoms with van der Waals surface area (Å²) in [5, 5.41) is 1.83. The van der Waals surface area contributed by atoms with Gasteiger partial charge in [-0.2, -0.15) is 0 Å². The summed E-state index contributed by atoms with van der Waals surface area (Å²) in [6, 6.07) is 21.2. The van der Waals surface area contributed by atoms with Crippen molar-refractivity contribution in [2.45, 2.75) is 6.54 Å². The van der Waals surface area contributed by atoms with E-state index < -0.39 is 23.4 Å². The van der Waals surface area contributed by atoms with Crippen LogP contribution in [0.5, 0.6) is 0 Å². The molecule has 7 heteroatoms. The van der Waals surface area contributed by atoms with Crippen molar-refractivity contribution < 1.29 is 18.0 Å². The molecule has 1 radical (unpaired) electrons. The zero-order chi connectivity index (χ0) is 23.3. The third-order valence-corrected chi connectivity index (χ3v) is 5.87. The number of halogens is 4. The standard InChI is InChI=1S/C26H15ClF3N2O/c27-17-7-4-15(5-8-17)16-6-9-18-23(12-16)32(13-14-10-20(28)25(30)21(29)11-14)22-3-1-2-19(24(18)22)26(31)33/h1-8,10-12H,13H2,(H2,31,33). The van der Waals surface area contributed by atoms with Gasteiger partial charge >= 0.3 is 0 Å². The van der Waals surface area contributed by atoms with Crippen LogP contribution in [0.4, 0.5) is 13.2 Å². The van der Waals surface area contributed by atoms with Gasteiger partial charge in [-0.15, -0.1) is 0 Å². The first-order valence-corrected chi connectivity index (χ1v) is 10.4. The molecule has 163 valence electrons. The van der Waals surface area contributed by atoms with Gasteiger partial charge in [0.2, 0.25) is 5.91 Å². The van der Waals surface area contributed by atoms with Crippen LogP contribution in [0.3, 0.4) is 0 Å². The summed E-state index contributed by atoms with van der Waals surface area (Å²) in [7, 11) is 0. The van der Waals surface area contributed by atoms with Gasteiger partial charge < -0.3 is 10.3 Å². The van der Waals surface area contributed by atoms with Crippen LogP contribution in [-0.4, -0.2) is 10.5 Å². The summed E-state index contributed by atoms with van der Waals surface area (Å²) in [6.07, 6.45) is 0. The summed E-state index contributed by atoms with van der Waals surface area (Å²) < 4.78 is 43.1. The molecule has 0 aliphatic heterocycles. The molecule has 2 N–H and O–H groups in total. The summed E-state index contributed by atoms with van der Waals surface area (Å²) in [6.45, 7) is 0.0360. The molecular formula is C26H15ClF3N2O. The fourth-order valence-corrected chi connectivity index (χ4v) is 4.25. The average molecular weight is 464 g/mol. The molecule has 5 aromatic rings. The molecule has 1 amide bonds. The second kappa shape index (κ2) is 7.98. The second-order valence-electron chi connectivity index (χ2n) is 7.68. The predicted molar refractivity (Wildman–Crippen MR) is 123 cm³/mol. The Morgan fingerprint density at radius 3 is 2.30 bits per heavy atom. The van der Waals surface area contributed by atoms with E-state index in [1.807, 2.05) is 18.2 Å². The zero-order valence-corrected chi connectivity index (χ0v) is 17.8. The molecule has 0 aliphatic rings. The molecule has 0 atom stereocenters. The van der Waals surface area contributed by atoms with Crippen molar-refractivity contribution in [3.63, 3.8) is 0 Å². The maximum atomic E-state index is 13.9. The maximum Gasteiger partial charge on any atom is 0.249 e. The Kier molecular flexibility index (Phi) is 5.10. The number of amides is 1. The van der Waals surface area contributed by atoms with Crippen molar-refractivity contribution in [2.75, 3.05) is 0 Å². The van der Waals surface area contributed by atoms with Gasteiger partial charge in [-0.3, -0.25) is 4.79 Å². The Morgan fingerprint density at radius 2 is 1.64 bits per heavy atom. The highest BCUT2D eigenvalue weighted by Gasteiger charge is 2.19. The zero-order valence-electron chi connectivity index (χ0n) is 17.0. The number of primary amides is 1. The largest absolute Gasteiger partial charge is 0.366 e. The molecule has 4 aromatic carbocycles. The first-order chi connectivity index (χ1) is 15.8. The van der Waals surface area contributed by atoms with Crippen LogP contribution < -0.4 is 5.73 Å². The lowest BCUT2D eigenvalue weighted by molar-refractivity contribution is 0.100. The average Bonchev–Trinajstić information content (AvgIpc) is 3.11. The van der Waals surface area contributed by atoms with Crippen LogP contribution >= 0.6 is 11.6 Å². The van der Waals surface area contributed by atoms with Crippen molar-refractivity contribution in [2.24, 2.45) is 5.73 Å². The third-order valence-electron chi connectivity index (χ3n) is 5.62. The van der Waals surface area contributed by atoms with Crippen LogP contribution in [0.2, 0.25) is 5.02 Å². The van der Waals surface area contributed by atoms with E-state index in [2.05, 4.69) is 6.07 Å². The molecule has 0 saturated heterocycles. The Morgan fingerprint density at radius 1 is 0.939 bits per heavy atom. The normalized spacial score (nSPS) is 11.4. The van der Waals surface area contributed by atoms with Gasteiger partial charge in [0, 0.05) is 27.9 Å². The van der Waals surface area contributed by atoms with Crippen molar-refractivity contribution in [3.05, 3.63) is 106 Å². The minimum absolute atomic E-state index is 0.0360. The molecule has 0 aliphatic carbocycles.